The Bertz CT molecular complexity index is 492. The molecule has 5 atom stereocenters. The average molecular weight is 304 g/mol. The van der Waals surface area contributed by atoms with E-state index in [0.717, 1.165) is 25.7 Å². The normalized spacial score (nSPS) is 47.1. The Labute approximate surface area is 135 Å². The molecule has 0 unspecified atom stereocenters. The molecule has 2 N–H and O–H groups in total. The van der Waals surface area contributed by atoms with Gasteiger partial charge in [-0.3, -0.25) is 0 Å². The number of hydrogen-bond donors (Lipinski definition) is 2. The first-order chi connectivity index (χ1) is 10.3. The monoisotopic (exact) mass is 304 g/mol. The van der Waals surface area contributed by atoms with E-state index in [1.54, 1.807) is 0 Å². The predicted octanol–water partition coefficient (Wildman–Crippen LogP) is 4.08. The fourth-order valence-corrected chi connectivity index (χ4v) is 5.91. The number of allylic oxidation sites excluding steroid dienone is 2. The summed E-state index contributed by atoms with van der Waals surface area (Å²) in [5, 5.41) is 21.2. The molecule has 0 aromatic rings. The zero-order valence-electron chi connectivity index (χ0n) is 14.4. The summed E-state index contributed by atoms with van der Waals surface area (Å²) in [5.74, 6) is 0.767. The van der Waals surface area contributed by atoms with Gasteiger partial charge in [-0.2, -0.15) is 0 Å². The maximum Gasteiger partial charge on any atom is 0.0756 e. The van der Waals surface area contributed by atoms with Gasteiger partial charge in [-0.1, -0.05) is 39.3 Å². The van der Waals surface area contributed by atoms with Crippen LogP contribution in [-0.2, 0) is 0 Å². The summed E-state index contributed by atoms with van der Waals surface area (Å²) in [7, 11) is 0. The Morgan fingerprint density at radius 3 is 2.64 bits per heavy atom. The molecule has 124 valence electrons. The zero-order chi connectivity index (χ0) is 16.2. The number of hydrogen-bond acceptors (Lipinski definition) is 2. The number of rotatable bonds is 2. The maximum absolute atomic E-state index is 10.8. The van der Waals surface area contributed by atoms with Gasteiger partial charge in [-0.05, 0) is 54.9 Å². The standard InChI is InChI=1S/C20H32O2/c1-5-19(4)10-7-15-14(12-19)16(22)11-17-18(2,3)8-6-9-20(15,17)13-21/h5,12,15-17,21-22H,1,6-11,13H2,2-4H3/t15-,16-,17-,19-,20+/m0/s1. The second-order valence-corrected chi connectivity index (χ2v) is 8.98. The molecule has 22 heavy (non-hydrogen) atoms. The van der Waals surface area contributed by atoms with E-state index in [1.165, 1.54) is 18.4 Å². The predicted molar refractivity (Wildman–Crippen MR) is 90.4 cm³/mol. The van der Waals surface area contributed by atoms with Crippen LogP contribution in [0.4, 0.5) is 0 Å². The van der Waals surface area contributed by atoms with Crippen molar-refractivity contribution in [2.45, 2.75) is 65.4 Å². The molecule has 3 rings (SSSR count). The van der Waals surface area contributed by atoms with Gasteiger partial charge in [0, 0.05) is 17.4 Å². The molecule has 0 bridgehead atoms. The molecule has 0 heterocycles. The largest absolute Gasteiger partial charge is 0.396 e. The van der Waals surface area contributed by atoms with E-state index in [4.69, 9.17) is 0 Å². The lowest BCUT2D eigenvalue weighted by Crippen LogP contribution is -2.57. The molecule has 0 amide bonds. The van der Waals surface area contributed by atoms with Crippen LogP contribution in [0.1, 0.15) is 59.3 Å². The molecular formula is C20H32O2. The highest BCUT2D eigenvalue weighted by Crippen LogP contribution is 2.63. The number of aliphatic hydroxyl groups excluding tert-OH is 2. The molecule has 3 aliphatic carbocycles. The highest BCUT2D eigenvalue weighted by Gasteiger charge is 2.58. The highest BCUT2D eigenvalue weighted by atomic mass is 16.3. The molecule has 0 aromatic carbocycles. The van der Waals surface area contributed by atoms with Crippen molar-refractivity contribution >= 4 is 0 Å². The van der Waals surface area contributed by atoms with Crippen molar-refractivity contribution < 1.29 is 10.2 Å². The Morgan fingerprint density at radius 2 is 2.00 bits per heavy atom. The number of fused-ring (bicyclic) bond motifs is 3. The minimum Gasteiger partial charge on any atom is -0.396 e. The van der Waals surface area contributed by atoms with E-state index in [1.807, 2.05) is 6.08 Å². The fraction of sp³-hybridized carbons (Fsp3) is 0.800. The topological polar surface area (TPSA) is 40.5 Å². The summed E-state index contributed by atoms with van der Waals surface area (Å²) in [6.07, 6.45) is 10.4. The molecule has 2 fully saturated rings. The first-order valence-electron chi connectivity index (χ1n) is 8.93. The minimum atomic E-state index is -0.341. The summed E-state index contributed by atoms with van der Waals surface area (Å²) in [5.41, 5.74) is 1.39. The minimum absolute atomic E-state index is 0.000477. The lowest BCUT2D eigenvalue weighted by molar-refractivity contribution is -0.123. The molecule has 0 radical (unpaired) electrons. The molecular weight excluding hydrogens is 272 g/mol. The van der Waals surface area contributed by atoms with Crippen molar-refractivity contribution in [3.63, 3.8) is 0 Å². The lowest BCUT2D eigenvalue weighted by Gasteiger charge is -2.61. The van der Waals surface area contributed by atoms with Gasteiger partial charge >= 0.3 is 0 Å². The van der Waals surface area contributed by atoms with Crippen LogP contribution in [0.5, 0.6) is 0 Å². The first-order valence-corrected chi connectivity index (χ1v) is 8.93. The van der Waals surface area contributed by atoms with E-state index in [0.29, 0.717) is 11.8 Å². The molecule has 2 nitrogen and oxygen atoms in total. The molecule has 3 aliphatic rings. The van der Waals surface area contributed by atoms with E-state index < -0.39 is 0 Å². The molecule has 0 spiro atoms. The summed E-state index contributed by atoms with van der Waals surface area (Å²) in [4.78, 5) is 0. The third-order valence-electron chi connectivity index (χ3n) is 7.27. The SMILES string of the molecule is C=C[C@]1(C)C=C2[C@@H](O)C[C@H]3C(C)(C)CCC[C@@]3(CO)[C@H]2CC1. The zero-order valence-corrected chi connectivity index (χ0v) is 14.4. The number of aliphatic hydroxyl groups is 2. The Morgan fingerprint density at radius 1 is 1.27 bits per heavy atom. The third kappa shape index (κ3) is 2.22. The highest BCUT2D eigenvalue weighted by molar-refractivity contribution is 5.30. The van der Waals surface area contributed by atoms with Gasteiger partial charge < -0.3 is 10.2 Å². The van der Waals surface area contributed by atoms with E-state index in [2.05, 4.69) is 33.4 Å². The summed E-state index contributed by atoms with van der Waals surface area (Å²) in [6, 6.07) is 0. The van der Waals surface area contributed by atoms with Crippen molar-refractivity contribution in [3.05, 3.63) is 24.3 Å². The van der Waals surface area contributed by atoms with Crippen molar-refractivity contribution in [2.75, 3.05) is 6.61 Å². The smallest absolute Gasteiger partial charge is 0.0756 e. The van der Waals surface area contributed by atoms with Crippen LogP contribution in [0.2, 0.25) is 0 Å². The lowest BCUT2D eigenvalue weighted by atomic mass is 9.44. The van der Waals surface area contributed by atoms with Crippen LogP contribution in [0.25, 0.3) is 0 Å². The van der Waals surface area contributed by atoms with Crippen LogP contribution in [0.3, 0.4) is 0 Å². The Balaban J connectivity index is 2.06. The second kappa shape index (κ2) is 5.21. The van der Waals surface area contributed by atoms with Gasteiger partial charge in [0.2, 0.25) is 0 Å². The van der Waals surface area contributed by atoms with Crippen LogP contribution in [0, 0.1) is 28.1 Å². The van der Waals surface area contributed by atoms with E-state index >= 15 is 0 Å². The third-order valence-corrected chi connectivity index (χ3v) is 7.27. The quantitative estimate of drug-likeness (QED) is 0.755. The van der Waals surface area contributed by atoms with Crippen molar-refractivity contribution in [3.8, 4) is 0 Å². The van der Waals surface area contributed by atoms with Crippen LogP contribution < -0.4 is 0 Å². The van der Waals surface area contributed by atoms with Gasteiger partial charge in [-0.15, -0.1) is 6.58 Å². The molecule has 0 aliphatic heterocycles. The van der Waals surface area contributed by atoms with Gasteiger partial charge in [0.05, 0.1) is 6.10 Å². The summed E-state index contributed by atoms with van der Waals surface area (Å²) < 4.78 is 0. The van der Waals surface area contributed by atoms with E-state index in [9.17, 15) is 10.2 Å². The van der Waals surface area contributed by atoms with Gasteiger partial charge in [0.1, 0.15) is 0 Å². The van der Waals surface area contributed by atoms with E-state index in [-0.39, 0.29) is 29.0 Å². The van der Waals surface area contributed by atoms with Crippen LogP contribution >= 0.6 is 0 Å². The molecule has 2 heteroatoms. The van der Waals surface area contributed by atoms with Gasteiger partial charge in [0.15, 0.2) is 0 Å². The Hall–Kier alpha value is -0.600. The van der Waals surface area contributed by atoms with Crippen molar-refractivity contribution in [1.29, 1.82) is 0 Å². The average Bonchev–Trinajstić information content (AvgIpc) is 2.48. The fourth-order valence-electron chi connectivity index (χ4n) is 5.91. The molecule has 0 saturated heterocycles. The molecule has 2 saturated carbocycles. The van der Waals surface area contributed by atoms with Crippen molar-refractivity contribution in [1.82, 2.24) is 0 Å². The van der Waals surface area contributed by atoms with Gasteiger partial charge in [-0.25, -0.2) is 0 Å². The molecule has 0 aromatic heterocycles. The first kappa shape index (κ1) is 16.3. The summed E-state index contributed by atoms with van der Waals surface area (Å²) in [6.45, 7) is 11.1. The van der Waals surface area contributed by atoms with Gasteiger partial charge in [0.25, 0.3) is 0 Å². The van der Waals surface area contributed by atoms with Crippen LogP contribution in [-0.4, -0.2) is 22.9 Å². The van der Waals surface area contributed by atoms with Crippen LogP contribution in [0.15, 0.2) is 24.3 Å². The maximum atomic E-state index is 10.8. The Kier molecular flexibility index (Phi) is 3.85. The summed E-state index contributed by atoms with van der Waals surface area (Å²) >= 11 is 0. The van der Waals surface area contributed by atoms with Crippen molar-refractivity contribution in [2.24, 2.45) is 28.1 Å². The second-order valence-electron chi connectivity index (χ2n) is 8.98.